The number of aromatic amines is 2. The molecule has 45 heavy (non-hydrogen) atoms. The fourth-order valence-electron chi connectivity index (χ4n) is 5.23. The number of amides is 2. The van der Waals surface area contributed by atoms with E-state index in [-0.39, 0.29) is 32.3 Å². The summed E-state index contributed by atoms with van der Waals surface area (Å²) in [5.41, 5.74) is 10.1. The molecule has 5 rings (SSSR count). The van der Waals surface area contributed by atoms with Crippen LogP contribution in [-0.4, -0.2) is 57.0 Å². The van der Waals surface area contributed by atoms with Gasteiger partial charge in [-0.2, -0.15) is 0 Å². The molecular weight excluding hydrogens is 574 g/mol. The number of hydrogen-bond acceptors (Lipinski definition) is 6. The highest BCUT2D eigenvalue weighted by Gasteiger charge is 2.30. The summed E-state index contributed by atoms with van der Waals surface area (Å²) in [5.74, 6) is -3.00. The minimum Gasteiger partial charge on any atom is -0.481 e. The number of rotatable bonds is 14. The number of carboxylic acid groups (broad SMARTS) is 1. The zero-order chi connectivity index (χ0) is 31.8. The van der Waals surface area contributed by atoms with Gasteiger partial charge in [0.1, 0.15) is 18.7 Å². The van der Waals surface area contributed by atoms with Crippen molar-refractivity contribution in [3.05, 3.63) is 108 Å². The minimum atomic E-state index is -1.14. The van der Waals surface area contributed by atoms with E-state index in [1.807, 2.05) is 78.9 Å². The van der Waals surface area contributed by atoms with Crippen molar-refractivity contribution in [1.29, 1.82) is 0 Å². The number of aliphatic carboxylic acids is 1. The number of carbonyl (C=O) groups is 4. The molecule has 0 fully saturated rings. The number of H-pyrrole nitrogens is 2. The first-order valence-electron chi connectivity index (χ1n) is 14.7. The second-order valence-electron chi connectivity index (χ2n) is 10.9. The Labute approximate surface area is 259 Å². The molecular formula is C34H35N5O6. The summed E-state index contributed by atoms with van der Waals surface area (Å²) in [7, 11) is 0. The van der Waals surface area contributed by atoms with Crippen LogP contribution in [0.5, 0.6) is 0 Å². The molecule has 0 saturated heterocycles. The summed E-state index contributed by atoms with van der Waals surface area (Å²) in [6.45, 7) is 0.0217. The molecule has 0 spiro atoms. The zero-order valence-corrected chi connectivity index (χ0v) is 24.5. The first kappa shape index (κ1) is 31.0. The van der Waals surface area contributed by atoms with E-state index in [0.29, 0.717) is 0 Å². The number of benzene rings is 3. The van der Waals surface area contributed by atoms with E-state index in [9.17, 15) is 19.2 Å². The first-order valence-corrected chi connectivity index (χ1v) is 14.7. The number of ether oxygens (including phenoxy) is 1. The van der Waals surface area contributed by atoms with Gasteiger partial charge in [-0.1, -0.05) is 66.7 Å². The fraction of sp³-hybridized carbons (Fsp3) is 0.235. The van der Waals surface area contributed by atoms with Crippen LogP contribution in [-0.2, 0) is 43.4 Å². The summed E-state index contributed by atoms with van der Waals surface area (Å²) in [4.78, 5) is 57.8. The number of hydrogen-bond donors (Lipinski definition) is 6. The monoisotopic (exact) mass is 609 g/mol. The van der Waals surface area contributed by atoms with Gasteiger partial charge < -0.3 is 36.2 Å². The van der Waals surface area contributed by atoms with Crippen molar-refractivity contribution in [3.8, 4) is 0 Å². The molecule has 0 radical (unpaired) electrons. The smallest absolute Gasteiger partial charge is 0.329 e. The predicted molar refractivity (Wildman–Crippen MR) is 169 cm³/mol. The van der Waals surface area contributed by atoms with Crippen molar-refractivity contribution >= 4 is 45.6 Å². The Morgan fingerprint density at radius 2 is 1.27 bits per heavy atom. The van der Waals surface area contributed by atoms with Gasteiger partial charge in [-0.3, -0.25) is 14.4 Å². The van der Waals surface area contributed by atoms with Crippen LogP contribution in [0, 0.1) is 0 Å². The Hall–Kier alpha value is -5.42. The zero-order valence-electron chi connectivity index (χ0n) is 24.5. The van der Waals surface area contributed by atoms with Crippen LogP contribution < -0.4 is 16.4 Å². The molecule has 5 aromatic rings. The van der Waals surface area contributed by atoms with E-state index in [0.717, 1.165) is 38.5 Å². The first-order chi connectivity index (χ1) is 21.8. The molecule has 0 aliphatic heterocycles. The second kappa shape index (κ2) is 14.4. The molecule has 11 nitrogen and oxygen atoms in total. The molecule has 0 aliphatic rings. The van der Waals surface area contributed by atoms with Crippen LogP contribution >= 0.6 is 0 Å². The van der Waals surface area contributed by atoms with Gasteiger partial charge in [0.2, 0.25) is 11.8 Å². The van der Waals surface area contributed by atoms with Crippen molar-refractivity contribution in [2.75, 3.05) is 0 Å². The van der Waals surface area contributed by atoms with Gasteiger partial charge in [0.05, 0.1) is 6.04 Å². The molecule has 3 atom stereocenters. The minimum absolute atomic E-state index is 0.0217. The van der Waals surface area contributed by atoms with Crippen LogP contribution in [0.1, 0.15) is 29.5 Å². The van der Waals surface area contributed by atoms with Crippen LogP contribution in [0.3, 0.4) is 0 Å². The number of esters is 1. The van der Waals surface area contributed by atoms with Gasteiger partial charge in [0.15, 0.2) is 0 Å². The molecule has 232 valence electrons. The highest BCUT2D eigenvalue weighted by molar-refractivity contribution is 5.94. The number of nitrogens with two attached hydrogens (primary N) is 1. The third-order valence-corrected chi connectivity index (χ3v) is 7.66. The number of nitrogens with one attached hydrogen (secondary N) is 4. The Morgan fingerprint density at radius 3 is 1.87 bits per heavy atom. The Kier molecular flexibility index (Phi) is 9.90. The summed E-state index contributed by atoms with van der Waals surface area (Å²) < 4.78 is 5.64. The molecule has 2 amide bonds. The average molecular weight is 610 g/mol. The molecule has 7 N–H and O–H groups in total. The lowest BCUT2D eigenvalue weighted by Crippen LogP contribution is -2.55. The van der Waals surface area contributed by atoms with E-state index in [1.165, 1.54) is 0 Å². The van der Waals surface area contributed by atoms with Gasteiger partial charge in [-0.15, -0.1) is 0 Å². The number of carboxylic acids is 1. The van der Waals surface area contributed by atoms with Crippen LogP contribution in [0.15, 0.2) is 91.3 Å². The second-order valence-corrected chi connectivity index (χ2v) is 10.9. The van der Waals surface area contributed by atoms with Gasteiger partial charge in [-0.25, -0.2) is 4.79 Å². The molecule has 2 heterocycles. The summed E-state index contributed by atoms with van der Waals surface area (Å²) in [6, 6.07) is 21.0. The Bertz CT molecular complexity index is 1800. The van der Waals surface area contributed by atoms with Gasteiger partial charge in [0.25, 0.3) is 0 Å². The SMILES string of the molecule is N[C@@H](CCC(=O)O)C(=O)N[C@@H](Cc1c[nH]c2ccccc12)C(=O)N[C@@H](Cc1c[nH]c2ccccc12)C(=O)OCc1ccccc1. The van der Waals surface area contributed by atoms with Gasteiger partial charge in [-0.05, 0) is 35.2 Å². The molecule has 3 aromatic carbocycles. The van der Waals surface area contributed by atoms with E-state index >= 15 is 0 Å². The van der Waals surface area contributed by atoms with E-state index in [1.54, 1.807) is 12.4 Å². The molecule has 0 unspecified atom stereocenters. The topological polar surface area (TPSA) is 179 Å². The Morgan fingerprint density at radius 1 is 0.733 bits per heavy atom. The third-order valence-electron chi connectivity index (χ3n) is 7.66. The van der Waals surface area contributed by atoms with Crippen molar-refractivity contribution < 1.29 is 29.0 Å². The average Bonchev–Trinajstić information content (AvgIpc) is 3.66. The van der Waals surface area contributed by atoms with Crippen LogP contribution in [0.2, 0.25) is 0 Å². The maximum Gasteiger partial charge on any atom is 0.329 e. The van der Waals surface area contributed by atoms with E-state index in [2.05, 4.69) is 20.6 Å². The molecule has 2 aromatic heterocycles. The fourth-order valence-corrected chi connectivity index (χ4v) is 5.23. The van der Waals surface area contributed by atoms with Crippen molar-refractivity contribution in [2.45, 2.75) is 50.4 Å². The van der Waals surface area contributed by atoms with Crippen LogP contribution in [0.25, 0.3) is 21.8 Å². The maximum atomic E-state index is 13.9. The highest BCUT2D eigenvalue weighted by Crippen LogP contribution is 2.21. The quantitative estimate of drug-likeness (QED) is 0.105. The molecule has 0 bridgehead atoms. The lowest BCUT2D eigenvalue weighted by molar-refractivity contribution is -0.149. The Balaban J connectivity index is 1.39. The molecule has 11 heteroatoms. The highest BCUT2D eigenvalue weighted by atomic mass is 16.5. The predicted octanol–water partition coefficient (Wildman–Crippen LogP) is 3.34. The lowest BCUT2D eigenvalue weighted by atomic mass is 10.0. The summed E-state index contributed by atoms with van der Waals surface area (Å²) in [5, 5.41) is 16.3. The van der Waals surface area contributed by atoms with E-state index in [4.69, 9.17) is 15.6 Å². The lowest BCUT2D eigenvalue weighted by Gasteiger charge is -2.24. The van der Waals surface area contributed by atoms with Crippen molar-refractivity contribution in [1.82, 2.24) is 20.6 Å². The van der Waals surface area contributed by atoms with Gasteiger partial charge >= 0.3 is 11.9 Å². The number of carbonyl (C=O) groups excluding carboxylic acids is 3. The third kappa shape index (κ3) is 7.95. The normalized spacial score (nSPS) is 13.2. The number of aromatic nitrogens is 2. The maximum absolute atomic E-state index is 13.9. The number of fused-ring (bicyclic) bond motifs is 2. The van der Waals surface area contributed by atoms with Crippen molar-refractivity contribution in [2.24, 2.45) is 5.73 Å². The number of para-hydroxylation sites is 2. The largest absolute Gasteiger partial charge is 0.481 e. The van der Waals surface area contributed by atoms with Crippen molar-refractivity contribution in [3.63, 3.8) is 0 Å². The molecule has 0 saturated carbocycles. The summed E-state index contributed by atoms with van der Waals surface area (Å²) >= 11 is 0. The van der Waals surface area contributed by atoms with E-state index < -0.39 is 41.9 Å². The summed E-state index contributed by atoms with van der Waals surface area (Å²) in [6.07, 6.45) is 3.38. The standard InChI is InChI=1S/C34H35N5O6/c35-26(14-15-31(40)41)32(42)38-29(16-22-18-36-27-12-6-4-10-24(22)27)33(43)39-30(34(44)45-20-21-8-2-1-3-9-21)17-23-19-37-28-13-7-5-11-25(23)28/h1-13,18-19,26,29-30,36-37H,14-17,20,35H2,(H,38,42)(H,39,43)(H,40,41)/t26-,29-,30-/m0/s1. The van der Waals surface area contributed by atoms with Gasteiger partial charge in [0, 0.05) is 53.5 Å². The molecule has 0 aliphatic carbocycles. The van der Waals surface area contributed by atoms with Crippen LogP contribution in [0.4, 0.5) is 0 Å².